The Bertz CT molecular complexity index is 1510. The van der Waals surface area contributed by atoms with E-state index in [2.05, 4.69) is 34.6 Å². The zero-order valence-electron chi connectivity index (χ0n) is 20.4. The van der Waals surface area contributed by atoms with Gasteiger partial charge in [-0.3, -0.25) is 4.79 Å². The van der Waals surface area contributed by atoms with Crippen molar-refractivity contribution in [2.24, 2.45) is 0 Å². The Hall–Kier alpha value is -4.45. The summed E-state index contributed by atoms with van der Waals surface area (Å²) in [5.41, 5.74) is 6.32. The Morgan fingerprint density at radius 1 is 0.972 bits per heavy atom. The maximum Gasteiger partial charge on any atom is 0.248 e. The molecule has 0 fully saturated rings. The van der Waals surface area contributed by atoms with E-state index in [1.54, 1.807) is 10.9 Å². The van der Waals surface area contributed by atoms with E-state index in [1.807, 2.05) is 73.7 Å². The smallest absolute Gasteiger partial charge is 0.248 e. The van der Waals surface area contributed by atoms with E-state index in [4.69, 9.17) is 4.42 Å². The molecule has 6 nitrogen and oxygen atoms in total. The number of nitrogens with one attached hydrogen (secondary N) is 1. The number of aromatic nitrogens is 3. The summed E-state index contributed by atoms with van der Waals surface area (Å²) < 4.78 is 5.84. The maximum absolute atomic E-state index is 12.6. The number of fused-ring (bicyclic) bond motifs is 1. The molecular formula is C30H28N4O2. The van der Waals surface area contributed by atoms with Gasteiger partial charge in [0, 0.05) is 17.3 Å². The number of nitrogens with zero attached hydrogens (tertiary/aromatic N) is 3. The van der Waals surface area contributed by atoms with E-state index in [0.29, 0.717) is 17.0 Å². The number of hydrogen-bond donors (Lipinski definition) is 1. The average Bonchev–Trinajstić information content (AvgIpc) is 3.54. The van der Waals surface area contributed by atoms with Crippen LogP contribution in [0.15, 0.2) is 89.4 Å². The van der Waals surface area contributed by atoms with Crippen molar-refractivity contribution in [1.29, 1.82) is 0 Å². The van der Waals surface area contributed by atoms with Crippen molar-refractivity contribution in [2.45, 2.75) is 33.1 Å². The molecule has 2 heterocycles. The zero-order chi connectivity index (χ0) is 24.9. The fraction of sp³-hybridized carbons (Fsp3) is 0.167. The quantitative estimate of drug-likeness (QED) is 0.245. The van der Waals surface area contributed by atoms with Gasteiger partial charge in [0.1, 0.15) is 22.6 Å². The van der Waals surface area contributed by atoms with Crippen molar-refractivity contribution >= 4 is 28.7 Å². The molecule has 5 aromatic rings. The van der Waals surface area contributed by atoms with Crippen LogP contribution in [0.4, 0.5) is 5.69 Å². The number of amides is 1. The Balaban J connectivity index is 1.29. The highest BCUT2D eigenvalue weighted by atomic mass is 16.3. The van der Waals surface area contributed by atoms with Crippen LogP contribution < -0.4 is 5.32 Å². The third-order valence-corrected chi connectivity index (χ3v) is 6.05. The molecule has 1 amide bonds. The zero-order valence-corrected chi connectivity index (χ0v) is 20.4. The van der Waals surface area contributed by atoms with Gasteiger partial charge in [0.25, 0.3) is 0 Å². The van der Waals surface area contributed by atoms with E-state index in [9.17, 15) is 4.79 Å². The topological polar surface area (TPSA) is 73.0 Å². The minimum Gasteiger partial charge on any atom is -0.457 e. The molecule has 0 saturated heterocycles. The number of furan rings is 1. The molecule has 1 N–H and O–H groups in total. The van der Waals surface area contributed by atoms with Crippen molar-refractivity contribution in [3.63, 3.8) is 0 Å². The normalized spacial score (nSPS) is 11.4. The molecule has 5 rings (SSSR count). The SMILES string of the molecule is CCCCc1ccc(-n2nc3cc(C)c(NC(=O)/C=C/c4ccc(-c5ccccc5)o4)cc3n2)cc1. The molecule has 180 valence electrons. The fourth-order valence-electron chi connectivity index (χ4n) is 4.03. The summed E-state index contributed by atoms with van der Waals surface area (Å²) in [6.45, 7) is 4.14. The molecule has 6 heteroatoms. The van der Waals surface area contributed by atoms with Crippen LogP contribution in [-0.4, -0.2) is 20.9 Å². The van der Waals surface area contributed by atoms with E-state index >= 15 is 0 Å². The lowest BCUT2D eigenvalue weighted by Crippen LogP contribution is -2.08. The molecule has 0 radical (unpaired) electrons. The highest BCUT2D eigenvalue weighted by Gasteiger charge is 2.10. The van der Waals surface area contributed by atoms with Crippen LogP contribution in [0.1, 0.15) is 36.7 Å². The number of benzene rings is 3. The highest BCUT2D eigenvalue weighted by Crippen LogP contribution is 2.24. The van der Waals surface area contributed by atoms with Gasteiger partial charge in [-0.15, -0.1) is 10.2 Å². The van der Waals surface area contributed by atoms with E-state index < -0.39 is 0 Å². The first-order valence-electron chi connectivity index (χ1n) is 12.2. The Morgan fingerprint density at radius 3 is 2.47 bits per heavy atom. The summed E-state index contributed by atoms with van der Waals surface area (Å²) in [4.78, 5) is 14.2. The number of hydrogen-bond acceptors (Lipinski definition) is 4. The summed E-state index contributed by atoms with van der Waals surface area (Å²) in [5, 5.41) is 12.2. The predicted octanol–water partition coefficient (Wildman–Crippen LogP) is 6.98. The molecule has 3 aromatic carbocycles. The second-order valence-electron chi connectivity index (χ2n) is 8.81. The van der Waals surface area contributed by atoms with E-state index in [-0.39, 0.29) is 5.91 Å². The van der Waals surface area contributed by atoms with Gasteiger partial charge in [0.15, 0.2) is 0 Å². The lowest BCUT2D eigenvalue weighted by Gasteiger charge is -2.05. The summed E-state index contributed by atoms with van der Waals surface area (Å²) in [6, 6.07) is 25.7. The van der Waals surface area contributed by atoms with Crippen molar-refractivity contribution in [2.75, 3.05) is 5.32 Å². The maximum atomic E-state index is 12.6. The van der Waals surface area contributed by atoms with Gasteiger partial charge in [-0.05, 0) is 73.4 Å². The molecule has 2 aromatic heterocycles. The average molecular weight is 477 g/mol. The lowest BCUT2D eigenvalue weighted by atomic mass is 10.1. The summed E-state index contributed by atoms with van der Waals surface area (Å²) in [5.74, 6) is 1.13. The highest BCUT2D eigenvalue weighted by molar-refractivity contribution is 6.03. The number of rotatable bonds is 8. The summed E-state index contributed by atoms with van der Waals surface area (Å²) in [6.07, 6.45) is 6.57. The fourth-order valence-corrected chi connectivity index (χ4v) is 4.03. The van der Waals surface area contributed by atoms with Gasteiger partial charge in [-0.25, -0.2) is 0 Å². The standard InChI is InChI=1S/C30H28N4O2/c1-3-4-8-22-11-13-24(14-12-22)34-32-27-19-21(2)26(20-28(27)33-34)31-30(35)18-16-25-15-17-29(36-25)23-9-6-5-7-10-23/h5-7,9-20H,3-4,8H2,1-2H3,(H,31,35)/b18-16+. The van der Waals surface area contributed by atoms with Gasteiger partial charge < -0.3 is 9.73 Å². The van der Waals surface area contributed by atoms with Crippen molar-refractivity contribution in [3.8, 4) is 17.0 Å². The Morgan fingerprint density at radius 2 is 1.72 bits per heavy atom. The molecule has 0 aliphatic rings. The van der Waals surface area contributed by atoms with Crippen LogP contribution in [0.5, 0.6) is 0 Å². The number of unbranched alkanes of at least 4 members (excludes halogenated alkanes) is 1. The third kappa shape index (κ3) is 5.28. The minimum absolute atomic E-state index is 0.245. The second-order valence-corrected chi connectivity index (χ2v) is 8.81. The number of carbonyl (C=O) groups excluding carboxylic acids is 1. The molecule has 0 unspecified atom stereocenters. The van der Waals surface area contributed by atoms with Crippen LogP contribution in [0.3, 0.4) is 0 Å². The molecule has 0 spiro atoms. The second kappa shape index (κ2) is 10.4. The molecule has 36 heavy (non-hydrogen) atoms. The molecule has 0 atom stereocenters. The summed E-state index contributed by atoms with van der Waals surface area (Å²) >= 11 is 0. The van der Waals surface area contributed by atoms with E-state index in [1.165, 1.54) is 24.5 Å². The van der Waals surface area contributed by atoms with Gasteiger partial charge in [-0.2, -0.15) is 4.80 Å². The Labute approximate surface area is 210 Å². The molecule has 0 saturated carbocycles. The molecule has 0 aliphatic carbocycles. The molecular weight excluding hydrogens is 448 g/mol. The van der Waals surface area contributed by atoms with Gasteiger partial charge in [0.2, 0.25) is 5.91 Å². The van der Waals surface area contributed by atoms with Crippen molar-refractivity contribution < 1.29 is 9.21 Å². The largest absolute Gasteiger partial charge is 0.457 e. The van der Waals surface area contributed by atoms with Crippen LogP contribution in [0, 0.1) is 6.92 Å². The monoisotopic (exact) mass is 476 g/mol. The first kappa shape index (κ1) is 23.3. The predicted molar refractivity (Wildman–Crippen MR) is 144 cm³/mol. The minimum atomic E-state index is -0.245. The number of anilines is 1. The van der Waals surface area contributed by atoms with Crippen LogP contribution in [-0.2, 0) is 11.2 Å². The van der Waals surface area contributed by atoms with Crippen LogP contribution >= 0.6 is 0 Å². The summed E-state index contributed by atoms with van der Waals surface area (Å²) in [7, 11) is 0. The van der Waals surface area contributed by atoms with Crippen molar-refractivity contribution in [1.82, 2.24) is 15.0 Å². The van der Waals surface area contributed by atoms with Gasteiger partial charge in [0.05, 0.1) is 5.69 Å². The number of carbonyl (C=O) groups is 1. The van der Waals surface area contributed by atoms with Gasteiger partial charge in [-0.1, -0.05) is 55.8 Å². The third-order valence-electron chi connectivity index (χ3n) is 6.05. The van der Waals surface area contributed by atoms with Crippen LogP contribution in [0.2, 0.25) is 0 Å². The van der Waals surface area contributed by atoms with Gasteiger partial charge >= 0.3 is 0 Å². The Kier molecular flexibility index (Phi) is 6.76. The lowest BCUT2D eigenvalue weighted by molar-refractivity contribution is -0.111. The van der Waals surface area contributed by atoms with E-state index in [0.717, 1.165) is 34.5 Å². The molecule has 0 bridgehead atoms. The first-order valence-corrected chi connectivity index (χ1v) is 12.2. The molecule has 0 aliphatic heterocycles. The number of aryl methyl sites for hydroxylation is 2. The van der Waals surface area contributed by atoms with Crippen molar-refractivity contribution in [3.05, 3.63) is 102 Å². The first-order chi connectivity index (χ1) is 17.6. The van der Waals surface area contributed by atoms with Crippen LogP contribution in [0.25, 0.3) is 34.1 Å².